The zero-order valence-electron chi connectivity index (χ0n) is 12.7. The van der Waals surface area contributed by atoms with Gasteiger partial charge in [-0.2, -0.15) is 0 Å². The summed E-state index contributed by atoms with van der Waals surface area (Å²) in [6.07, 6.45) is 2.04. The zero-order chi connectivity index (χ0) is 15.8. The summed E-state index contributed by atoms with van der Waals surface area (Å²) in [6.45, 7) is 2.14. The zero-order valence-corrected chi connectivity index (χ0v) is 12.7. The Hall–Kier alpha value is -1.07. The topological polar surface area (TPSA) is 23.5 Å². The van der Waals surface area contributed by atoms with Crippen molar-refractivity contribution >= 4 is 0 Å². The van der Waals surface area contributed by atoms with Gasteiger partial charge in [-0.05, 0) is 51.8 Å². The molecule has 5 heteroatoms. The van der Waals surface area contributed by atoms with Gasteiger partial charge in [-0.25, -0.2) is 13.2 Å². The third-order valence-corrected chi connectivity index (χ3v) is 4.90. The van der Waals surface area contributed by atoms with E-state index in [2.05, 4.69) is 6.92 Å². The Kier molecular flexibility index (Phi) is 4.63. The Morgan fingerprint density at radius 3 is 2.24 bits per heavy atom. The van der Waals surface area contributed by atoms with Gasteiger partial charge in [0.05, 0.1) is 5.54 Å². The van der Waals surface area contributed by atoms with Gasteiger partial charge in [-0.3, -0.25) is 0 Å². The van der Waals surface area contributed by atoms with Gasteiger partial charge in [0.15, 0.2) is 17.5 Å². The summed E-state index contributed by atoms with van der Waals surface area (Å²) in [5, 5.41) is 10.7. The van der Waals surface area contributed by atoms with Crippen LogP contribution in [0.1, 0.15) is 44.3 Å². The highest BCUT2D eigenvalue weighted by atomic mass is 19.2. The van der Waals surface area contributed by atoms with E-state index in [1.807, 2.05) is 19.0 Å². The number of halogens is 3. The molecule has 118 valence electrons. The van der Waals surface area contributed by atoms with E-state index in [-0.39, 0.29) is 5.56 Å². The number of hydrogen-bond acceptors (Lipinski definition) is 2. The molecule has 0 spiro atoms. The number of nitrogens with zero attached hydrogens (tertiary/aromatic N) is 1. The van der Waals surface area contributed by atoms with E-state index in [0.29, 0.717) is 18.8 Å². The minimum absolute atomic E-state index is 0.169. The van der Waals surface area contributed by atoms with Crippen molar-refractivity contribution in [1.82, 2.24) is 4.90 Å². The molecule has 1 unspecified atom stereocenters. The second-order valence-electron chi connectivity index (χ2n) is 6.35. The predicted molar refractivity (Wildman–Crippen MR) is 75.3 cm³/mol. The Bertz CT molecular complexity index is 510. The van der Waals surface area contributed by atoms with Crippen molar-refractivity contribution in [1.29, 1.82) is 0 Å². The molecule has 1 N–H and O–H groups in total. The van der Waals surface area contributed by atoms with Crippen LogP contribution in [0.25, 0.3) is 0 Å². The van der Waals surface area contributed by atoms with Crippen LogP contribution in [-0.2, 0) is 0 Å². The number of likely N-dealkylation sites (N-methyl/N-ethyl adjacent to an activating group) is 1. The summed E-state index contributed by atoms with van der Waals surface area (Å²) in [7, 11) is 3.66. The fourth-order valence-corrected chi connectivity index (χ4v) is 3.27. The minimum Gasteiger partial charge on any atom is -0.386 e. The van der Waals surface area contributed by atoms with Crippen molar-refractivity contribution in [3.8, 4) is 0 Å². The van der Waals surface area contributed by atoms with Crippen LogP contribution in [-0.4, -0.2) is 29.6 Å². The van der Waals surface area contributed by atoms with E-state index in [9.17, 15) is 18.3 Å². The summed E-state index contributed by atoms with van der Waals surface area (Å²) in [6, 6.07) is 2.01. The maximum atomic E-state index is 14.0. The molecule has 21 heavy (non-hydrogen) atoms. The maximum absolute atomic E-state index is 14.0. The molecular formula is C16H22F3NO. The predicted octanol–water partition coefficient (Wildman–Crippen LogP) is 3.65. The highest BCUT2D eigenvalue weighted by molar-refractivity contribution is 5.26. The second-order valence-corrected chi connectivity index (χ2v) is 6.35. The first-order valence-electron chi connectivity index (χ1n) is 7.28. The first-order chi connectivity index (χ1) is 9.79. The molecule has 0 aromatic heterocycles. The van der Waals surface area contributed by atoms with Gasteiger partial charge in [0.2, 0.25) is 0 Å². The fourth-order valence-electron chi connectivity index (χ4n) is 3.27. The molecule has 0 saturated heterocycles. The van der Waals surface area contributed by atoms with E-state index < -0.39 is 29.1 Å². The largest absolute Gasteiger partial charge is 0.386 e. The lowest BCUT2D eigenvalue weighted by Gasteiger charge is -2.47. The highest BCUT2D eigenvalue weighted by Gasteiger charge is 2.44. The molecule has 1 aliphatic carbocycles. The lowest BCUT2D eigenvalue weighted by Crippen LogP contribution is -2.51. The van der Waals surface area contributed by atoms with Crippen LogP contribution in [0.5, 0.6) is 0 Å². The Balaban J connectivity index is 2.40. The van der Waals surface area contributed by atoms with Crippen LogP contribution in [0.15, 0.2) is 12.1 Å². The first-order valence-corrected chi connectivity index (χ1v) is 7.28. The molecule has 1 aliphatic rings. The quantitative estimate of drug-likeness (QED) is 0.862. The average Bonchev–Trinajstić information content (AvgIpc) is 2.45. The lowest BCUT2D eigenvalue weighted by atomic mass is 9.71. The molecule has 0 bridgehead atoms. The minimum atomic E-state index is -1.52. The highest BCUT2D eigenvalue weighted by Crippen LogP contribution is 2.44. The Labute approximate surface area is 123 Å². The average molecular weight is 301 g/mol. The normalized spacial score (nSPS) is 27.9. The van der Waals surface area contributed by atoms with Gasteiger partial charge in [0.25, 0.3) is 0 Å². The van der Waals surface area contributed by atoms with E-state index in [1.165, 1.54) is 0 Å². The molecule has 2 rings (SSSR count). The van der Waals surface area contributed by atoms with Gasteiger partial charge < -0.3 is 10.0 Å². The Morgan fingerprint density at radius 1 is 1.14 bits per heavy atom. The molecule has 0 aliphatic heterocycles. The van der Waals surface area contributed by atoms with Crippen molar-refractivity contribution in [3.63, 3.8) is 0 Å². The lowest BCUT2D eigenvalue weighted by molar-refractivity contribution is -0.0426. The number of aliphatic hydroxyl groups is 1. The summed E-state index contributed by atoms with van der Waals surface area (Å²) in [4.78, 5) is 1.88. The standard InChI is InChI=1S/C16H22F3NO/c1-10-6-8-16(9-7-10,20(2)3)15(21)11-4-5-12(17)14(19)13(11)18/h4-5,10,15,21H,6-9H2,1-3H3. The summed E-state index contributed by atoms with van der Waals surface area (Å²) < 4.78 is 40.5. The van der Waals surface area contributed by atoms with Crippen molar-refractivity contribution in [3.05, 3.63) is 35.1 Å². The third kappa shape index (κ3) is 2.81. The summed E-state index contributed by atoms with van der Waals surface area (Å²) in [5.74, 6) is -3.49. The number of hydrogen-bond donors (Lipinski definition) is 1. The fraction of sp³-hybridized carbons (Fsp3) is 0.625. The van der Waals surface area contributed by atoms with E-state index in [1.54, 1.807) is 0 Å². The van der Waals surface area contributed by atoms with Crippen LogP contribution < -0.4 is 0 Å². The molecule has 0 radical (unpaired) electrons. The van der Waals surface area contributed by atoms with Crippen LogP contribution in [0.3, 0.4) is 0 Å². The van der Waals surface area contributed by atoms with Crippen molar-refractivity contribution in [2.24, 2.45) is 5.92 Å². The van der Waals surface area contributed by atoms with Crippen LogP contribution in [0, 0.1) is 23.4 Å². The van der Waals surface area contributed by atoms with Gasteiger partial charge in [-0.15, -0.1) is 0 Å². The maximum Gasteiger partial charge on any atom is 0.194 e. The van der Waals surface area contributed by atoms with Crippen molar-refractivity contribution in [2.45, 2.75) is 44.2 Å². The van der Waals surface area contributed by atoms with E-state index in [4.69, 9.17) is 0 Å². The third-order valence-electron chi connectivity index (χ3n) is 4.90. The molecule has 0 heterocycles. The molecular weight excluding hydrogens is 279 g/mol. The SMILES string of the molecule is CC1CCC(C(O)c2ccc(F)c(F)c2F)(N(C)C)CC1. The van der Waals surface area contributed by atoms with Crippen LogP contribution in [0.4, 0.5) is 13.2 Å². The smallest absolute Gasteiger partial charge is 0.194 e. The van der Waals surface area contributed by atoms with Crippen LogP contribution in [0.2, 0.25) is 0 Å². The molecule has 1 saturated carbocycles. The van der Waals surface area contributed by atoms with Gasteiger partial charge in [0.1, 0.15) is 6.10 Å². The second kappa shape index (κ2) is 5.97. The number of aliphatic hydroxyl groups excluding tert-OH is 1. The van der Waals surface area contributed by atoms with Crippen LogP contribution >= 0.6 is 0 Å². The van der Waals surface area contributed by atoms with Crippen molar-refractivity contribution in [2.75, 3.05) is 14.1 Å². The number of benzene rings is 1. The molecule has 1 aromatic carbocycles. The van der Waals surface area contributed by atoms with Crippen molar-refractivity contribution < 1.29 is 18.3 Å². The monoisotopic (exact) mass is 301 g/mol. The summed E-state index contributed by atoms with van der Waals surface area (Å²) in [5.41, 5.74) is -0.811. The van der Waals surface area contributed by atoms with Gasteiger partial charge in [-0.1, -0.05) is 13.0 Å². The molecule has 1 fully saturated rings. The van der Waals surface area contributed by atoms with Gasteiger partial charge >= 0.3 is 0 Å². The Morgan fingerprint density at radius 2 is 1.71 bits per heavy atom. The molecule has 0 amide bonds. The first kappa shape index (κ1) is 16.3. The number of rotatable bonds is 3. The molecule has 1 atom stereocenters. The van der Waals surface area contributed by atoms with Gasteiger partial charge in [0, 0.05) is 5.56 Å². The van der Waals surface area contributed by atoms with E-state index in [0.717, 1.165) is 25.0 Å². The molecule has 1 aromatic rings. The van der Waals surface area contributed by atoms with E-state index >= 15 is 0 Å². The summed E-state index contributed by atoms with van der Waals surface area (Å²) >= 11 is 0. The molecule has 2 nitrogen and oxygen atoms in total.